The van der Waals surface area contributed by atoms with Crippen LogP contribution < -0.4 is 0 Å². The fourth-order valence-corrected chi connectivity index (χ4v) is 3.83. The molecule has 0 fully saturated rings. The van der Waals surface area contributed by atoms with Gasteiger partial charge in [0.05, 0.1) is 5.25 Å². The summed E-state index contributed by atoms with van der Waals surface area (Å²) in [6.07, 6.45) is 1.82. The van der Waals surface area contributed by atoms with Crippen molar-refractivity contribution in [2.75, 3.05) is 0 Å². The first-order valence-corrected chi connectivity index (χ1v) is 9.77. The third kappa shape index (κ3) is 4.19. The number of allylic oxidation sites excluding steroid dienone is 1. The van der Waals surface area contributed by atoms with Crippen molar-refractivity contribution >= 4 is 17.5 Å². The molecule has 3 rings (SSSR count). The van der Waals surface area contributed by atoms with Crippen LogP contribution in [0.4, 0.5) is 0 Å². The van der Waals surface area contributed by atoms with Gasteiger partial charge in [-0.3, -0.25) is 9.36 Å². The van der Waals surface area contributed by atoms with E-state index in [0.29, 0.717) is 6.54 Å². The molecule has 0 aliphatic rings. The summed E-state index contributed by atoms with van der Waals surface area (Å²) in [6.45, 7) is 10.3. The monoisotopic (exact) mass is 377 g/mol. The maximum absolute atomic E-state index is 13.0. The molecule has 0 spiro atoms. The molecule has 2 aromatic carbocycles. The topological polar surface area (TPSA) is 47.8 Å². The zero-order valence-electron chi connectivity index (χ0n) is 15.8. The van der Waals surface area contributed by atoms with Gasteiger partial charge < -0.3 is 0 Å². The molecule has 4 nitrogen and oxygen atoms in total. The standard InChI is InChI=1S/C22H23N3OS/c1-5-13-25-21(18-9-7-6-8-10-18)23-24-22(25)27-17(4)20(26)19-14-15(2)11-12-16(19)3/h5-12,14,17H,1,13H2,2-4H3. The van der Waals surface area contributed by atoms with E-state index in [1.165, 1.54) is 11.8 Å². The molecule has 3 aromatic rings. The molecule has 0 bridgehead atoms. The highest BCUT2D eigenvalue weighted by Crippen LogP contribution is 2.29. The maximum Gasteiger partial charge on any atom is 0.192 e. The van der Waals surface area contributed by atoms with E-state index in [1.807, 2.05) is 79.9 Å². The Balaban J connectivity index is 1.88. The number of thioether (sulfide) groups is 1. The van der Waals surface area contributed by atoms with Crippen molar-refractivity contribution in [2.45, 2.75) is 37.7 Å². The Bertz CT molecular complexity index is 963. The average molecular weight is 378 g/mol. The van der Waals surface area contributed by atoms with Crippen molar-refractivity contribution in [3.63, 3.8) is 0 Å². The van der Waals surface area contributed by atoms with Crippen molar-refractivity contribution in [1.29, 1.82) is 0 Å². The predicted molar refractivity (Wildman–Crippen MR) is 111 cm³/mol. The van der Waals surface area contributed by atoms with Gasteiger partial charge in [-0.25, -0.2) is 0 Å². The molecule has 5 heteroatoms. The van der Waals surface area contributed by atoms with Gasteiger partial charge in [0.25, 0.3) is 0 Å². The van der Waals surface area contributed by atoms with Crippen molar-refractivity contribution < 1.29 is 4.79 Å². The smallest absolute Gasteiger partial charge is 0.192 e. The maximum atomic E-state index is 13.0. The number of ketones is 1. The lowest BCUT2D eigenvalue weighted by molar-refractivity contribution is 0.0993. The number of rotatable bonds is 7. The Morgan fingerprint density at radius 1 is 1.19 bits per heavy atom. The summed E-state index contributed by atoms with van der Waals surface area (Å²) in [7, 11) is 0. The van der Waals surface area contributed by atoms with Gasteiger partial charge >= 0.3 is 0 Å². The summed E-state index contributed by atoms with van der Waals surface area (Å²) < 4.78 is 2.00. The van der Waals surface area contributed by atoms with E-state index in [4.69, 9.17) is 0 Å². The molecule has 0 aliphatic carbocycles. The van der Waals surface area contributed by atoms with E-state index < -0.39 is 0 Å². The number of benzene rings is 2. The van der Waals surface area contributed by atoms with Gasteiger partial charge in [0.15, 0.2) is 16.8 Å². The summed E-state index contributed by atoms with van der Waals surface area (Å²) in [6, 6.07) is 15.9. The van der Waals surface area contributed by atoms with E-state index in [0.717, 1.165) is 33.2 Å². The van der Waals surface area contributed by atoms with Crippen LogP contribution in [0.5, 0.6) is 0 Å². The number of aryl methyl sites for hydroxylation is 2. The second-order valence-electron chi connectivity index (χ2n) is 6.51. The van der Waals surface area contributed by atoms with Gasteiger partial charge in [0.1, 0.15) is 0 Å². The van der Waals surface area contributed by atoms with Gasteiger partial charge in [0, 0.05) is 17.7 Å². The molecule has 0 aliphatic heterocycles. The van der Waals surface area contributed by atoms with Crippen LogP contribution in [0.15, 0.2) is 66.3 Å². The molecule has 0 radical (unpaired) electrons. The molecule has 0 saturated heterocycles. The number of carbonyl (C=O) groups excluding carboxylic acids is 1. The van der Waals surface area contributed by atoms with Crippen LogP contribution in [0, 0.1) is 13.8 Å². The normalized spacial score (nSPS) is 12.0. The summed E-state index contributed by atoms with van der Waals surface area (Å²) in [4.78, 5) is 13.0. The van der Waals surface area contributed by atoms with Gasteiger partial charge in [-0.2, -0.15) is 0 Å². The fraction of sp³-hybridized carbons (Fsp3) is 0.227. The number of hydrogen-bond acceptors (Lipinski definition) is 4. The van der Waals surface area contributed by atoms with Crippen molar-refractivity contribution in [3.05, 3.63) is 77.9 Å². The minimum Gasteiger partial charge on any atom is -0.298 e. The van der Waals surface area contributed by atoms with E-state index in [9.17, 15) is 4.79 Å². The second-order valence-corrected chi connectivity index (χ2v) is 7.82. The van der Waals surface area contributed by atoms with Crippen molar-refractivity contribution in [3.8, 4) is 11.4 Å². The summed E-state index contributed by atoms with van der Waals surface area (Å²) in [5.74, 6) is 0.889. The van der Waals surface area contributed by atoms with E-state index in [-0.39, 0.29) is 11.0 Å². The molecule has 1 atom stereocenters. The van der Waals surface area contributed by atoms with Gasteiger partial charge in [-0.15, -0.1) is 16.8 Å². The number of carbonyl (C=O) groups is 1. The highest BCUT2D eigenvalue weighted by atomic mass is 32.2. The first kappa shape index (κ1) is 19.1. The largest absolute Gasteiger partial charge is 0.298 e. The quantitative estimate of drug-likeness (QED) is 0.326. The summed E-state index contributed by atoms with van der Waals surface area (Å²) >= 11 is 1.44. The Hall–Kier alpha value is -2.66. The lowest BCUT2D eigenvalue weighted by Crippen LogP contribution is -2.16. The summed E-state index contributed by atoms with van der Waals surface area (Å²) in [5.41, 5.74) is 3.85. The zero-order valence-corrected chi connectivity index (χ0v) is 16.7. The van der Waals surface area contributed by atoms with Crippen LogP contribution in [0.1, 0.15) is 28.4 Å². The van der Waals surface area contributed by atoms with Gasteiger partial charge in [0.2, 0.25) is 0 Å². The molecule has 1 heterocycles. The van der Waals surface area contributed by atoms with E-state index in [1.54, 1.807) is 0 Å². The van der Waals surface area contributed by atoms with Crippen LogP contribution in [-0.4, -0.2) is 25.8 Å². The van der Waals surface area contributed by atoms with Crippen molar-refractivity contribution in [2.24, 2.45) is 0 Å². The minimum absolute atomic E-state index is 0.107. The molecule has 138 valence electrons. The third-order valence-corrected chi connectivity index (χ3v) is 5.45. The first-order valence-electron chi connectivity index (χ1n) is 8.89. The lowest BCUT2D eigenvalue weighted by Gasteiger charge is -2.13. The highest BCUT2D eigenvalue weighted by Gasteiger charge is 2.22. The Kier molecular flexibility index (Phi) is 5.91. The Morgan fingerprint density at radius 2 is 1.93 bits per heavy atom. The zero-order chi connectivity index (χ0) is 19.4. The van der Waals surface area contributed by atoms with E-state index in [2.05, 4.69) is 16.8 Å². The van der Waals surface area contributed by atoms with Crippen LogP contribution in [0.3, 0.4) is 0 Å². The number of hydrogen-bond donors (Lipinski definition) is 0. The van der Waals surface area contributed by atoms with Crippen LogP contribution in [-0.2, 0) is 6.54 Å². The van der Waals surface area contributed by atoms with Crippen molar-refractivity contribution in [1.82, 2.24) is 14.8 Å². The van der Waals surface area contributed by atoms with Crippen LogP contribution >= 0.6 is 11.8 Å². The predicted octanol–water partition coefficient (Wildman–Crippen LogP) is 5.11. The second kappa shape index (κ2) is 8.35. The Labute approximate surface area is 164 Å². The number of nitrogens with zero attached hydrogens (tertiary/aromatic N) is 3. The molecule has 0 saturated carbocycles. The molecule has 1 aromatic heterocycles. The SMILES string of the molecule is C=CCn1c(SC(C)C(=O)c2cc(C)ccc2C)nnc1-c1ccccc1. The number of aromatic nitrogens is 3. The molecule has 1 unspecified atom stereocenters. The molecule has 27 heavy (non-hydrogen) atoms. The fourth-order valence-electron chi connectivity index (χ4n) is 2.90. The molecule has 0 amide bonds. The first-order chi connectivity index (χ1) is 13.0. The average Bonchev–Trinajstić information content (AvgIpc) is 3.06. The number of Topliss-reactive ketones (excluding diaryl/α,β-unsaturated/α-hetero) is 1. The minimum atomic E-state index is -0.262. The van der Waals surface area contributed by atoms with Gasteiger partial charge in [-0.05, 0) is 32.4 Å². The van der Waals surface area contributed by atoms with Crippen LogP contribution in [0.2, 0.25) is 0 Å². The van der Waals surface area contributed by atoms with Gasteiger partial charge in [-0.1, -0.05) is 65.9 Å². The summed E-state index contributed by atoms with van der Waals surface area (Å²) in [5, 5.41) is 9.16. The highest BCUT2D eigenvalue weighted by molar-refractivity contribution is 8.00. The molecular weight excluding hydrogens is 354 g/mol. The molecular formula is C22H23N3OS. The van der Waals surface area contributed by atoms with Crippen LogP contribution in [0.25, 0.3) is 11.4 Å². The third-order valence-electron chi connectivity index (χ3n) is 4.37. The molecule has 0 N–H and O–H groups in total. The lowest BCUT2D eigenvalue weighted by atomic mass is 10.0. The van der Waals surface area contributed by atoms with E-state index >= 15 is 0 Å². The Morgan fingerprint density at radius 3 is 2.63 bits per heavy atom.